The minimum absolute atomic E-state index is 0.225. The van der Waals surface area contributed by atoms with E-state index in [1.165, 1.54) is 16.7 Å². The summed E-state index contributed by atoms with van der Waals surface area (Å²) >= 11 is 0. The smallest absolute Gasteiger partial charge is 0.423 e. The molecule has 0 spiro atoms. The first-order valence-electron chi connectivity index (χ1n) is 9.69. The van der Waals surface area contributed by atoms with Crippen molar-refractivity contribution in [3.05, 3.63) is 125 Å². The van der Waals surface area contributed by atoms with Crippen molar-refractivity contribution >= 4 is 12.6 Å². The van der Waals surface area contributed by atoms with Crippen LogP contribution in [0.4, 0.5) is 0 Å². The zero-order valence-corrected chi connectivity index (χ0v) is 15.4. The maximum absolute atomic E-state index is 9.85. The normalized spacial score (nSPS) is 21.2. The van der Waals surface area contributed by atoms with Gasteiger partial charge in [0.2, 0.25) is 0 Å². The fraction of sp³-hybridized carbons (Fsp3) is 0.120. The van der Waals surface area contributed by atoms with E-state index in [2.05, 4.69) is 78.9 Å². The molecule has 2 aliphatic rings. The summed E-state index contributed by atoms with van der Waals surface area (Å²) in [5.74, 6) is 0.480. The lowest BCUT2D eigenvalue weighted by molar-refractivity contribution is 0.425. The average molecular weight is 364 g/mol. The summed E-state index contributed by atoms with van der Waals surface area (Å²) in [4.78, 5) is 0. The topological polar surface area (TPSA) is 40.5 Å². The third-order valence-electron chi connectivity index (χ3n) is 6.25. The first-order valence-corrected chi connectivity index (χ1v) is 9.69. The van der Waals surface area contributed by atoms with Gasteiger partial charge in [0.1, 0.15) is 0 Å². The van der Waals surface area contributed by atoms with Gasteiger partial charge in [-0.1, -0.05) is 103 Å². The third kappa shape index (κ3) is 2.37. The van der Waals surface area contributed by atoms with Crippen LogP contribution in [0.1, 0.15) is 28.2 Å². The second-order valence-corrected chi connectivity index (χ2v) is 7.58. The summed E-state index contributed by atoms with van der Waals surface area (Å²) in [5.41, 5.74) is 5.00. The molecule has 2 aliphatic carbocycles. The molecule has 2 atom stereocenters. The Hall–Kier alpha value is -2.88. The molecule has 0 aromatic heterocycles. The van der Waals surface area contributed by atoms with Gasteiger partial charge in [-0.3, -0.25) is 0 Å². The fourth-order valence-corrected chi connectivity index (χ4v) is 5.13. The Balaban J connectivity index is 1.89. The van der Waals surface area contributed by atoms with Gasteiger partial charge < -0.3 is 10.0 Å². The van der Waals surface area contributed by atoms with Crippen molar-refractivity contribution in [3.63, 3.8) is 0 Å². The van der Waals surface area contributed by atoms with Crippen molar-refractivity contribution in [2.75, 3.05) is 0 Å². The zero-order valence-electron chi connectivity index (χ0n) is 15.4. The van der Waals surface area contributed by atoms with E-state index in [0.717, 1.165) is 5.56 Å². The molecule has 0 amide bonds. The minimum Gasteiger partial charge on any atom is -0.423 e. The van der Waals surface area contributed by atoms with E-state index < -0.39 is 7.12 Å². The Labute approximate surface area is 165 Å². The van der Waals surface area contributed by atoms with Crippen molar-refractivity contribution in [1.29, 1.82) is 0 Å². The number of benzene rings is 3. The summed E-state index contributed by atoms with van der Waals surface area (Å²) in [6, 6.07) is 27.1. The van der Waals surface area contributed by atoms with E-state index in [1.54, 1.807) is 0 Å². The Morgan fingerprint density at radius 2 is 1.32 bits per heavy atom. The summed E-state index contributed by atoms with van der Waals surface area (Å²) in [7, 11) is -1.48. The number of allylic oxidation sites excluding steroid dienone is 4. The van der Waals surface area contributed by atoms with E-state index in [9.17, 15) is 10.0 Å². The molecule has 0 fully saturated rings. The molecule has 136 valence electrons. The Morgan fingerprint density at radius 3 is 1.93 bits per heavy atom. The molecular weight excluding hydrogens is 343 g/mol. The van der Waals surface area contributed by atoms with Crippen LogP contribution in [0.2, 0.25) is 0 Å². The first kappa shape index (κ1) is 17.2. The molecule has 3 aromatic rings. The van der Waals surface area contributed by atoms with Gasteiger partial charge in [-0.2, -0.15) is 0 Å². The van der Waals surface area contributed by atoms with Gasteiger partial charge in [0.05, 0.1) is 5.41 Å². The number of fused-ring (bicyclic) bond motifs is 3. The number of rotatable bonds is 3. The lowest BCUT2D eigenvalue weighted by Gasteiger charge is -2.39. The van der Waals surface area contributed by atoms with Crippen molar-refractivity contribution in [3.8, 4) is 0 Å². The SMILES string of the molecule is OB(O)c1ccc2c(c1)C(c1ccccc1)(c1ccccc1)C1C=CC=CC21. The summed E-state index contributed by atoms with van der Waals surface area (Å²) in [5, 5.41) is 19.7. The molecule has 28 heavy (non-hydrogen) atoms. The van der Waals surface area contributed by atoms with Crippen molar-refractivity contribution < 1.29 is 10.0 Å². The second-order valence-electron chi connectivity index (χ2n) is 7.58. The number of hydrogen-bond donors (Lipinski definition) is 2. The molecule has 5 rings (SSSR count). The first-order chi connectivity index (χ1) is 13.7. The van der Waals surface area contributed by atoms with Gasteiger partial charge in [-0.05, 0) is 27.7 Å². The molecule has 0 aliphatic heterocycles. The molecular formula is C25H21BO2. The van der Waals surface area contributed by atoms with Gasteiger partial charge in [-0.15, -0.1) is 0 Å². The molecule has 0 saturated heterocycles. The highest BCUT2D eigenvalue weighted by atomic mass is 16.4. The summed E-state index contributed by atoms with van der Waals surface area (Å²) < 4.78 is 0. The zero-order chi connectivity index (χ0) is 19.1. The van der Waals surface area contributed by atoms with E-state index in [4.69, 9.17) is 0 Å². The van der Waals surface area contributed by atoms with Crippen molar-refractivity contribution in [1.82, 2.24) is 0 Å². The molecule has 2 N–H and O–H groups in total. The van der Waals surface area contributed by atoms with Gasteiger partial charge in [-0.25, -0.2) is 0 Å². The highest BCUT2D eigenvalue weighted by Crippen LogP contribution is 2.59. The van der Waals surface area contributed by atoms with Gasteiger partial charge >= 0.3 is 7.12 Å². The Bertz CT molecular complexity index is 1010. The number of hydrogen-bond acceptors (Lipinski definition) is 2. The van der Waals surface area contributed by atoms with Crippen LogP contribution in [-0.4, -0.2) is 17.2 Å². The highest BCUT2D eigenvalue weighted by Gasteiger charge is 2.52. The summed E-state index contributed by atoms with van der Waals surface area (Å²) in [6.07, 6.45) is 8.83. The molecule has 2 unspecified atom stereocenters. The maximum atomic E-state index is 9.85. The van der Waals surface area contributed by atoms with Crippen LogP contribution >= 0.6 is 0 Å². The van der Waals surface area contributed by atoms with Crippen LogP contribution in [0.25, 0.3) is 0 Å². The molecule has 0 heterocycles. The molecule has 0 radical (unpaired) electrons. The van der Waals surface area contributed by atoms with E-state index in [1.807, 2.05) is 24.3 Å². The van der Waals surface area contributed by atoms with Gasteiger partial charge in [0, 0.05) is 11.8 Å². The third-order valence-corrected chi connectivity index (χ3v) is 6.25. The average Bonchev–Trinajstić information content (AvgIpc) is 3.05. The monoisotopic (exact) mass is 364 g/mol. The van der Waals surface area contributed by atoms with Crippen LogP contribution in [0, 0.1) is 5.92 Å². The standard InChI is InChI=1S/C25H21BO2/c27-26(28)20-15-16-22-21-13-7-8-14-23(21)25(24(22)17-20,18-9-3-1-4-10-18)19-11-5-2-6-12-19/h1-17,21,23,27-28H. The second kappa shape index (κ2) is 6.63. The molecule has 0 saturated carbocycles. The van der Waals surface area contributed by atoms with E-state index in [-0.39, 0.29) is 17.3 Å². The van der Waals surface area contributed by atoms with Crippen molar-refractivity contribution in [2.24, 2.45) is 5.92 Å². The molecule has 3 aromatic carbocycles. The van der Waals surface area contributed by atoms with Crippen LogP contribution in [-0.2, 0) is 5.41 Å². The fourth-order valence-electron chi connectivity index (χ4n) is 5.13. The molecule has 3 heteroatoms. The lowest BCUT2D eigenvalue weighted by atomic mass is 9.62. The van der Waals surface area contributed by atoms with Gasteiger partial charge in [0.25, 0.3) is 0 Å². The molecule has 0 bridgehead atoms. The van der Waals surface area contributed by atoms with Gasteiger partial charge in [0.15, 0.2) is 0 Å². The minimum atomic E-state index is -1.48. The van der Waals surface area contributed by atoms with Crippen LogP contribution in [0.5, 0.6) is 0 Å². The Kier molecular flexibility index (Phi) is 4.08. The van der Waals surface area contributed by atoms with Crippen LogP contribution in [0.3, 0.4) is 0 Å². The van der Waals surface area contributed by atoms with E-state index in [0.29, 0.717) is 5.46 Å². The lowest BCUT2D eigenvalue weighted by Crippen LogP contribution is -2.37. The predicted octanol–water partition coefficient (Wildman–Crippen LogP) is 3.54. The van der Waals surface area contributed by atoms with E-state index >= 15 is 0 Å². The van der Waals surface area contributed by atoms with Crippen LogP contribution in [0.15, 0.2) is 103 Å². The van der Waals surface area contributed by atoms with Crippen molar-refractivity contribution in [2.45, 2.75) is 11.3 Å². The maximum Gasteiger partial charge on any atom is 0.488 e. The summed E-state index contributed by atoms with van der Waals surface area (Å²) in [6.45, 7) is 0. The highest BCUT2D eigenvalue weighted by molar-refractivity contribution is 6.58. The quantitative estimate of drug-likeness (QED) is 0.698. The molecule has 2 nitrogen and oxygen atoms in total. The predicted molar refractivity (Wildman–Crippen MR) is 114 cm³/mol. The largest absolute Gasteiger partial charge is 0.488 e. The van der Waals surface area contributed by atoms with Crippen LogP contribution < -0.4 is 5.46 Å². The Morgan fingerprint density at radius 1 is 0.714 bits per heavy atom.